The van der Waals surface area contributed by atoms with Crippen molar-refractivity contribution < 1.29 is 5.11 Å². The molecule has 0 amide bonds. The van der Waals surface area contributed by atoms with Gasteiger partial charge in [0.25, 0.3) is 0 Å². The van der Waals surface area contributed by atoms with Crippen LogP contribution < -0.4 is 5.32 Å². The predicted molar refractivity (Wildman–Crippen MR) is 75.7 cm³/mol. The molecular formula is C16H25NO. The van der Waals surface area contributed by atoms with Crippen LogP contribution in [0.5, 0.6) is 0 Å². The molecule has 2 heteroatoms. The molecular weight excluding hydrogens is 222 g/mol. The summed E-state index contributed by atoms with van der Waals surface area (Å²) in [5, 5.41) is 13.8. The lowest BCUT2D eigenvalue weighted by Gasteiger charge is -2.32. The molecule has 2 N–H and O–H groups in total. The van der Waals surface area contributed by atoms with Crippen molar-refractivity contribution in [3.63, 3.8) is 0 Å². The van der Waals surface area contributed by atoms with E-state index < -0.39 is 5.60 Å². The second kappa shape index (κ2) is 5.85. The topological polar surface area (TPSA) is 32.3 Å². The Hall–Kier alpha value is -0.860. The molecule has 0 atom stereocenters. The standard InChI is InChI=1S/C16H25NO/c1-13-6-7-14(2)15(10-13)11-17-12-16(18)8-4-3-5-9-16/h6-7,10,17-18H,3-5,8-9,11-12H2,1-2H3. The third kappa shape index (κ3) is 3.56. The van der Waals surface area contributed by atoms with Crippen molar-refractivity contribution in [3.8, 4) is 0 Å². The largest absolute Gasteiger partial charge is 0.389 e. The van der Waals surface area contributed by atoms with Gasteiger partial charge in [-0.1, -0.05) is 43.0 Å². The minimum absolute atomic E-state index is 0.462. The second-order valence-electron chi connectivity index (χ2n) is 5.82. The van der Waals surface area contributed by atoms with Crippen LogP contribution in [-0.2, 0) is 6.54 Å². The Morgan fingerprint density at radius 3 is 2.61 bits per heavy atom. The van der Waals surface area contributed by atoms with Crippen molar-refractivity contribution >= 4 is 0 Å². The quantitative estimate of drug-likeness (QED) is 0.857. The van der Waals surface area contributed by atoms with E-state index in [2.05, 4.69) is 37.4 Å². The van der Waals surface area contributed by atoms with Crippen molar-refractivity contribution in [1.82, 2.24) is 5.32 Å². The lowest BCUT2D eigenvalue weighted by Crippen LogP contribution is -2.41. The molecule has 1 fully saturated rings. The summed E-state index contributed by atoms with van der Waals surface area (Å²) in [4.78, 5) is 0. The number of rotatable bonds is 4. The van der Waals surface area contributed by atoms with Crippen molar-refractivity contribution in [2.75, 3.05) is 6.54 Å². The third-order valence-corrected chi connectivity index (χ3v) is 4.06. The van der Waals surface area contributed by atoms with Gasteiger partial charge in [-0.2, -0.15) is 0 Å². The maximum Gasteiger partial charge on any atom is 0.0771 e. The van der Waals surface area contributed by atoms with Gasteiger partial charge in [0.2, 0.25) is 0 Å². The molecule has 0 saturated heterocycles. The van der Waals surface area contributed by atoms with Crippen LogP contribution in [-0.4, -0.2) is 17.3 Å². The molecule has 1 aromatic carbocycles. The van der Waals surface area contributed by atoms with E-state index in [9.17, 15) is 5.11 Å². The lowest BCUT2D eigenvalue weighted by atomic mass is 9.85. The van der Waals surface area contributed by atoms with Crippen LogP contribution in [0.4, 0.5) is 0 Å². The van der Waals surface area contributed by atoms with Gasteiger partial charge >= 0.3 is 0 Å². The Bertz CT molecular complexity index is 394. The molecule has 0 aromatic heterocycles. The molecule has 0 heterocycles. The van der Waals surface area contributed by atoms with E-state index >= 15 is 0 Å². The first-order chi connectivity index (χ1) is 8.59. The highest BCUT2D eigenvalue weighted by Crippen LogP contribution is 2.27. The zero-order valence-electron chi connectivity index (χ0n) is 11.6. The zero-order chi connectivity index (χ0) is 13.0. The summed E-state index contributed by atoms with van der Waals surface area (Å²) in [5.41, 5.74) is 3.50. The van der Waals surface area contributed by atoms with Gasteiger partial charge in [-0.25, -0.2) is 0 Å². The van der Waals surface area contributed by atoms with E-state index in [1.54, 1.807) is 0 Å². The Morgan fingerprint density at radius 1 is 1.17 bits per heavy atom. The van der Waals surface area contributed by atoms with E-state index in [1.807, 2.05) is 0 Å². The molecule has 0 spiro atoms. The Balaban J connectivity index is 1.86. The van der Waals surface area contributed by atoms with Gasteiger partial charge in [-0.05, 0) is 37.8 Å². The highest BCUT2D eigenvalue weighted by atomic mass is 16.3. The molecule has 0 bridgehead atoms. The molecule has 1 saturated carbocycles. The van der Waals surface area contributed by atoms with Crippen molar-refractivity contribution in [2.24, 2.45) is 0 Å². The Labute approximate surface area is 110 Å². The van der Waals surface area contributed by atoms with E-state index in [0.29, 0.717) is 0 Å². The smallest absolute Gasteiger partial charge is 0.0771 e. The zero-order valence-corrected chi connectivity index (χ0v) is 11.6. The molecule has 0 radical (unpaired) electrons. The van der Waals surface area contributed by atoms with Gasteiger partial charge in [0.15, 0.2) is 0 Å². The molecule has 2 rings (SSSR count). The fourth-order valence-electron chi connectivity index (χ4n) is 2.81. The van der Waals surface area contributed by atoms with Crippen LogP contribution in [0.15, 0.2) is 18.2 Å². The first-order valence-electron chi connectivity index (χ1n) is 7.08. The Kier molecular flexibility index (Phi) is 4.41. The summed E-state index contributed by atoms with van der Waals surface area (Å²) in [6, 6.07) is 6.54. The molecule has 2 nitrogen and oxygen atoms in total. The number of nitrogens with one attached hydrogen (secondary N) is 1. The summed E-state index contributed by atoms with van der Waals surface area (Å²) in [7, 11) is 0. The first kappa shape index (κ1) is 13.6. The lowest BCUT2D eigenvalue weighted by molar-refractivity contribution is 0.00466. The average molecular weight is 247 g/mol. The summed E-state index contributed by atoms with van der Waals surface area (Å²) in [6.07, 6.45) is 5.52. The molecule has 0 unspecified atom stereocenters. The maximum atomic E-state index is 10.4. The summed E-state index contributed by atoms with van der Waals surface area (Å²) in [5.74, 6) is 0. The minimum atomic E-state index is -0.462. The van der Waals surface area contributed by atoms with Crippen LogP contribution in [0.1, 0.15) is 48.8 Å². The highest BCUT2D eigenvalue weighted by molar-refractivity contribution is 5.30. The van der Waals surface area contributed by atoms with Crippen LogP contribution in [0.3, 0.4) is 0 Å². The number of hydrogen-bond donors (Lipinski definition) is 2. The van der Waals surface area contributed by atoms with E-state index in [4.69, 9.17) is 0 Å². The molecule has 18 heavy (non-hydrogen) atoms. The van der Waals surface area contributed by atoms with Crippen molar-refractivity contribution in [3.05, 3.63) is 34.9 Å². The maximum absolute atomic E-state index is 10.4. The van der Waals surface area contributed by atoms with Crippen molar-refractivity contribution in [1.29, 1.82) is 0 Å². The van der Waals surface area contributed by atoms with Crippen LogP contribution in [0.25, 0.3) is 0 Å². The summed E-state index contributed by atoms with van der Waals surface area (Å²) < 4.78 is 0. The van der Waals surface area contributed by atoms with Crippen molar-refractivity contribution in [2.45, 2.75) is 58.1 Å². The summed E-state index contributed by atoms with van der Waals surface area (Å²) >= 11 is 0. The molecule has 1 aromatic rings. The van der Waals surface area contributed by atoms with E-state index in [-0.39, 0.29) is 0 Å². The monoisotopic (exact) mass is 247 g/mol. The molecule has 1 aliphatic rings. The Morgan fingerprint density at radius 2 is 1.89 bits per heavy atom. The normalized spacial score (nSPS) is 18.8. The van der Waals surface area contributed by atoms with Crippen LogP contribution in [0, 0.1) is 13.8 Å². The van der Waals surface area contributed by atoms with Gasteiger partial charge in [0, 0.05) is 13.1 Å². The number of benzene rings is 1. The fraction of sp³-hybridized carbons (Fsp3) is 0.625. The van der Waals surface area contributed by atoms with Gasteiger partial charge in [-0.15, -0.1) is 0 Å². The number of aryl methyl sites for hydroxylation is 2. The van der Waals surface area contributed by atoms with Gasteiger partial charge in [0.05, 0.1) is 5.60 Å². The predicted octanol–water partition coefficient (Wildman–Crippen LogP) is 3.09. The average Bonchev–Trinajstić information content (AvgIpc) is 2.34. The molecule has 0 aliphatic heterocycles. The number of aliphatic hydroxyl groups is 1. The minimum Gasteiger partial charge on any atom is -0.389 e. The van der Waals surface area contributed by atoms with Gasteiger partial charge in [-0.3, -0.25) is 0 Å². The van der Waals surface area contributed by atoms with E-state index in [1.165, 1.54) is 36.0 Å². The second-order valence-corrected chi connectivity index (χ2v) is 5.82. The van der Waals surface area contributed by atoms with Gasteiger partial charge in [0.1, 0.15) is 0 Å². The van der Waals surface area contributed by atoms with E-state index in [0.717, 1.165) is 25.9 Å². The summed E-state index contributed by atoms with van der Waals surface area (Å²) in [6.45, 7) is 5.85. The van der Waals surface area contributed by atoms with Gasteiger partial charge < -0.3 is 10.4 Å². The number of hydrogen-bond acceptors (Lipinski definition) is 2. The third-order valence-electron chi connectivity index (χ3n) is 4.06. The molecule has 100 valence electrons. The first-order valence-corrected chi connectivity index (χ1v) is 7.08. The SMILES string of the molecule is Cc1ccc(C)c(CNCC2(O)CCCCC2)c1. The molecule has 1 aliphatic carbocycles. The fourth-order valence-corrected chi connectivity index (χ4v) is 2.81. The van der Waals surface area contributed by atoms with Crippen LogP contribution >= 0.6 is 0 Å². The van der Waals surface area contributed by atoms with Crippen LogP contribution in [0.2, 0.25) is 0 Å². The highest BCUT2D eigenvalue weighted by Gasteiger charge is 2.28.